The Kier molecular flexibility index (Phi) is 5.49. The molecule has 102 valence electrons. The largest absolute Gasteiger partial charge is 0.303 e. The van der Waals surface area contributed by atoms with E-state index in [9.17, 15) is 0 Å². The molecule has 2 rings (SSSR count). The first-order valence-electron chi connectivity index (χ1n) is 6.68. The monoisotopic (exact) mass is 291 g/mol. The van der Waals surface area contributed by atoms with Crippen LogP contribution in [0.25, 0.3) is 0 Å². The molecule has 1 aromatic carbocycles. The van der Waals surface area contributed by atoms with E-state index in [0.717, 1.165) is 6.42 Å². The van der Waals surface area contributed by atoms with Gasteiger partial charge in [-0.3, -0.25) is 0 Å². The summed E-state index contributed by atoms with van der Waals surface area (Å²) in [5, 5.41) is 5.88. The Labute approximate surface area is 124 Å². The first-order chi connectivity index (χ1) is 9.24. The molecule has 0 radical (unpaired) electrons. The number of thioether (sulfide) groups is 1. The predicted molar refractivity (Wildman–Crippen MR) is 87.1 cm³/mol. The Morgan fingerprint density at radius 1 is 1.21 bits per heavy atom. The molecule has 0 fully saturated rings. The molecule has 2 atom stereocenters. The third-order valence-corrected chi connectivity index (χ3v) is 5.09. The fraction of sp³-hybridized carbons (Fsp3) is 0.375. The fourth-order valence-electron chi connectivity index (χ4n) is 2.18. The van der Waals surface area contributed by atoms with Crippen LogP contribution in [0.3, 0.4) is 0 Å². The summed E-state index contributed by atoms with van der Waals surface area (Å²) in [6.07, 6.45) is 3.23. The molecule has 0 spiro atoms. The van der Waals surface area contributed by atoms with Gasteiger partial charge in [-0.15, -0.1) is 23.1 Å². The first kappa shape index (κ1) is 14.6. The average molecular weight is 291 g/mol. The highest BCUT2D eigenvalue weighted by molar-refractivity contribution is 7.98. The number of thiophene rings is 1. The van der Waals surface area contributed by atoms with E-state index in [0.29, 0.717) is 12.1 Å². The van der Waals surface area contributed by atoms with E-state index < -0.39 is 0 Å². The van der Waals surface area contributed by atoms with Gasteiger partial charge in [-0.05, 0) is 48.7 Å². The van der Waals surface area contributed by atoms with Crippen molar-refractivity contribution in [3.05, 3.63) is 52.2 Å². The number of hydrogen-bond donors (Lipinski definition) is 1. The van der Waals surface area contributed by atoms with Crippen molar-refractivity contribution < 1.29 is 0 Å². The molecule has 1 N–H and O–H groups in total. The van der Waals surface area contributed by atoms with Gasteiger partial charge in [0.05, 0.1) is 0 Å². The zero-order valence-corrected chi connectivity index (χ0v) is 13.4. The van der Waals surface area contributed by atoms with Gasteiger partial charge in [0.25, 0.3) is 0 Å². The molecule has 0 bridgehead atoms. The van der Waals surface area contributed by atoms with Crippen LogP contribution < -0.4 is 5.32 Å². The van der Waals surface area contributed by atoms with Gasteiger partial charge in [-0.1, -0.05) is 25.1 Å². The van der Waals surface area contributed by atoms with E-state index in [1.54, 1.807) is 11.8 Å². The molecule has 0 aliphatic carbocycles. The van der Waals surface area contributed by atoms with Crippen LogP contribution in [0.5, 0.6) is 0 Å². The molecule has 0 aliphatic rings. The maximum atomic E-state index is 3.73. The van der Waals surface area contributed by atoms with Gasteiger partial charge < -0.3 is 5.32 Å². The lowest BCUT2D eigenvalue weighted by atomic mass is 10.1. The number of benzene rings is 1. The molecule has 0 amide bonds. The zero-order valence-electron chi connectivity index (χ0n) is 11.7. The van der Waals surface area contributed by atoms with Crippen LogP contribution in [0, 0.1) is 0 Å². The van der Waals surface area contributed by atoms with E-state index in [1.807, 2.05) is 11.3 Å². The molecule has 3 heteroatoms. The van der Waals surface area contributed by atoms with Crippen molar-refractivity contribution in [1.82, 2.24) is 5.32 Å². The van der Waals surface area contributed by atoms with Crippen molar-refractivity contribution in [2.75, 3.05) is 6.26 Å². The molecule has 1 heterocycles. The van der Waals surface area contributed by atoms with Gasteiger partial charge in [0.2, 0.25) is 0 Å². The van der Waals surface area contributed by atoms with Crippen LogP contribution in [0.4, 0.5) is 0 Å². The lowest BCUT2D eigenvalue weighted by Gasteiger charge is -2.22. The van der Waals surface area contributed by atoms with Crippen molar-refractivity contribution in [3.63, 3.8) is 0 Å². The van der Waals surface area contributed by atoms with E-state index >= 15 is 0 Å². The van der Waals surface area contributed by atoms with Gasteiger partial charge in [0, 0.05) is 21.9 Å². The molecule has 0 saturated carbocycles. The Bertz CT molecular complexity index is 476. The second kappa shape index (κ2) is 7.13. The molecule has 0 saturated heterocycles. The summed E-state index contributed by atoms with van der Waals surface area (Å²) in [7, 11) is 0. The summed E-state index contributed by atoms with van der Waals surface area (Å²) in [5.41, 5.74) is 1.35. The normalized spacial score (nSPS) is 14.3. The summed E-state index contributed by atoms with van der Waals surface area (Å²) in [5.74, 6) is 0. The third-order valence-electron chi connectivity index (χ3n) is 3.36. The molecule has 2 aromatic rings. The molecule has 19 heavy (non-hydrogen) atoms. The predicted octanol–water partition coefficient (Wildman–Crippen LogP) is 5.27. The number of hydrogen-bond acceptors (Lipinski definition) is 3. The SMILES string of the molecule is CCC(NC(C)c1ccc(SC)cc1)c1cccs1. The van der Waals surface area contributed by atoms with Crippen molar-refractivity contribution in [2.24, 2.45) is 0 Å². The summed E-state index contributed by atoms with van der Waals surface area (Å²) >= 11 is 3.62. The van der Waals surface area contributed by atoms with Crippen LogP contribution in [0.15, 0.2) is 46.7 Å². The van der Waals surface area contributed by atoms with Crippen LogP contribution in [0.1, 0.15) is 42.8 Å². The standard InChI is InChI=1S/C16H21NS2/c1-4-15(16-6-5-11-19-16)17-12(2)13-7-9-14(18-3)10-8-13/h5-12,15,17H,4H2,1-3H3. The first-order valence-corrected chi connectivity index (χ1v) is 8.78. The fourth-order valence-corrected chi connectivity index (χ4v) is 3.46. The van der Waals surface area contributed by atoms with Crippen LogP contribution >= 0.6 is 23.1 Å². The number of rotatable bonds is 6. The second-order valence-electron chi connectivity index (χ2n) is 4.64. The summed E-state index contributed by atoms with van der Waals surface area (Å²) in [6, 6.07) is 14.0. The van der Waals surface area contributed by atoms with Crippen LogP contribution in [-0.4, -0.2) is 6.26 Å². The Morgan fingerprint density at radius 2 is 1.95 bits per heavy atom. The topological polar surface area (TPSA) is 12.0 Å². The van der Waals surface area contributed by atoms with Gasteiger partial charge in [0.15, 0.2) is 0 Å². The van der Waals surface area contributed by atoms with Gasteiger partial charge in [-0.2, -0.15) is 0 Å². The third kappa shape index (κ3) is 3.85. The van der Waals surface area contributed by atoms with E-state index in [4.69, 9.17) is 0 Å². The number of nitrogens with one attached hydrogen (secondary N) is 1. The lowest BCUT2D eigenvalue weighted by molar-refractivity contribution is 0.462. The van der Waals surface area contributed by atoms with Crippen molar-refractivity contribution >= 4 is 23.1 Å². The molecular weight excluding hydrogens is 270 g/mol. The maximum absolute atomic E-state index is 3.73. The Balaban J connectivity index is 2.04. The Hall–Kier alpha value is -0.770. The lowest BCUT2D eigenvalue weighted by Crippen LogP contribution is -2.23. The van der Waals surface area contributed by atoms with Gasteiger partial charge in [-0.25, -0.2) is 0 Å². The molecule has 0 aliphatic heterocycles. The molecule has 1 nitrogen and oxygen atoms in total. The van der Waals surface area contributed by atoms with Crippen molar-refractivity contribution in [1.29, 1.82) is 0 Å². The minimum atomic E-state index is 0.378. The average Bonchev–Trinajstić information content (AvgIpc) is 2.98. The molecular formula is C16H21NS2. The van der Waals surface area contributed by atoms with Gasteiger partial charge in [0.1, 0.15) is 0 Å². The van der Waals surface area contributed by atoms with Crippen molar-refractivity contribution in [3.8, 4) is 0 Å². The highest BCUT2D eigenvalue weighted by atomic mass is 32.2. The zero-order chi connectivity index (χ0) is 13.7. The van der Waals surface area contributed by atoms with Gasteiger partial charge >= 0.3 is 0 Å². The molecule has 2 unspecified atom stereocenters. The minimum absolute atomic E-state index is 0.378. The van der Waals surface area contributed by atoms with E-state index in [1.165, 1.54) is 15.3 Å². The Morgan fingerprint density at radius 3 is 2.47 bits per heavy atom. The summed E-state index contributed by atoms with van der Waals surface area (Å²) < 4.78 is 0. The quantitative estimate of drug-likeness (QED) is 0.727. The van der Waals surface area contributed by atoms with E-state index in [2.05, 4.69) is 67.2 Å². The van der Waals surface area contributed by atoms with Crippen LogP contribution in [-0.2, 0) is 0 Å². The van der Waals surface area contributed by atoms with Crippen molar-refractivity contribution in [2.45, 2.75) is 37.2 Å². The van der Waals surface area contributed by atoms with E-state index in [-0.39, 0.29) is 0 Å². The highest BCUT2D eigenvalue weighted by Crippen LogP contribution is 2.26. The maximum Gasteiger partial charge on any atom is 0.0416 e. The summed E-state index contributed by atoms with van der Waals surface area (Å²) in [4.78, 5) is 2.75. The summed E-state index contributed by atoms with van der Waals surface area (Å²) in [6.45, 7) is 4.48. The second-order valence-corrected chi connectivity index (χ2v) is 6.50. The molecule has 1 aromatic heterocycles. The highest BCUT2D eigenvalue weighted by Gasteiger charge is 2.14. The smallest absolute Gasteiger partial charge is 0.0416 e. The van der Waals surface area contributed by atoms with Crippen LogP contribution in [0.2, 0.25) is 0 Å². The minimum Gasteiger partial charge on any atom is -0.303 e.